The van der Waals surface area contributed by atoms with Gasteiger partial charge in [0.05, 0.1) is 19.7 Å². The number of ether oxygens (including phenoxy) is 4. The van der Waals surface area contributed by atoms with Crippen molar-refractivity contribution >= 4 is 29.5 Å². The number of hydrogen-bond donors (Lipinski definition) is 4. The topological polar surface area (TPSA) is 174 Å². The van der Waals surface area contributed by atoms with Crippen molar-refractivity contribution in [2.75, 3.05) is 40.0 Å². The van der Waals surface area contributed by atoms with Crippen molar-refractivity contribution in [3.05, 3.63) is 83.4 Å². The summed E-state index contributed by atoms with van der Waals surface area (Å²) in [7, 11) is 1.55. The maximum atomic E-state index is 14.3. The molecule has 2 bridgehead atoms. The lowest BCUT2D eigenvalue weighted by Crippen LogP contribution is -2.58. The summed E-state index contributed by atoms with van der Waals surface area (Å²) < 4.78 is 22.7. The Morgan fingerprint density at radius 2 is 1.60 bits per heavy atom. The third-order valence-electron chi connectivity index (χ3n) is 10.1. The summed E-state index contributed by atoms with van der Waals surface area (Å²) in [6.45, 7) is 6.87. The van der Waals surface area contributed by atoms with E-state index in [0.29, 0.717) is 49.2 Å². The average Bonchev–Trinajstić information content (AvgIpc) is 4.03. The first kappa shape index (κ1) is 40.9. The van der Waals surface area contributed by atoms with Crippen LogP contribution in [0.1, 0.15) is 61.5 Å². The van der Waals surface area contributed by atoms with Crippen LogP contribution in [0.4, 0.5) is 0 Å². The maximum Gasteiger partial charge on any atom is 0.252 e. The number of carbonyl (C=O) groups excluding carboxylic acids is 5. The molecule has 0 unspecified atom stereocenters. The van der Waals surface area contributed by atoms with E-state index < -0.39 is 41.8 Å². The van der Waals surface area contributed by atoms with Crippen molar-refractivity contribution in [3.63, 3.8) is 0 Å². The summed E-state index contributed by atoms with van der Waals surface area (Å²) in [5.41, 5.74) is 1.71. The quantitative estimate of drug-likeness (QED) is 0.238. The molecule has 3 aromatic carbocycles. The largest absolute Gasteiger partial charge is 0.497 e. The van der Waals surface area contributed by atoms with Gasteiger partial charge in [-0.2, -0.15) is 0 Å². The fraction of sp³-hybridized carbons (Fsp3) is 0.465. The van der Waals surface area contributed by atoms with E-state index in [-0.39, 0.29) is 55.3 Å². The van der Waals surface area contributed by atoms with Gasteiger partial charge in [0.2, 0.25) is 23.6 Å². The number of hydrogen-bond acceptors (Lipinski definition) is 9. The van der Waals surface area contributed by atoms with Gasteiger partial charge in [-0.15, -0.1) is 0 Å². The van der Waals surface area contributed by atoms with Gasteiger partial charge in [-0.25, -0.2) is 0 Å². The zero-order valence-corrected chi connectivity index (χ0v) is 33.0. The molecule has 0 radical (unpaired) electrons. The molecule has 1 saturated carbocycles. The van der Waals surface area contributed by atoms with Crippen LogP contribution < -0.4 is 40.2 Å². The molecule has 1 aliphatic carbocycles. The summed E-state index contributed by atoms with van der Waals surface area (Å²) in [6.07, 6.45) is 2.72. The smallest absolute Gasteiger partial charge is 0.252 e. The Bertz CT molecular complexity index is 1900. The van der Waals surface area contributed by atoms with Gasteiger partial charge in [0.1, 0.15) is 49.4 Å². The molecule has 14 heteroatoms. The third-order valence-corrected chi connectivity index (χ3v) is 10.1. The van der Waals surface area contributed by atoms with Gasteiger partial charge in [-0.05, 0) is 91.6 Å². The zero-order chi connectivity index (χ0) is 40.5. The molecule has 4 N–H and O–H groups in total. The van der Waals surface area contributed by atoms with Gasteiger partial charge in [-0.1, -0.05) is 38.1 Å². The minimum Gasteiger partial charge on any atom is -0.497 e. The minimum absolute atomic E-state index is 0.0722. The van der Waals surface area contributed by atoms with Crippen LogP contribution in [0.25, 0.3) is 0 Å². The number of rotatable bonds is 9. The average molecular weight is 784 g/mol. The normalized spacial score (nSPS) is 22.2. The van der Waals surface area contributed by atoms with Crippen LogP contribution in [0.5, 0.6) is 23.0 Å². The molecule has 0 saturated heterocycles. The molecule has 0 spiro atoms. The molecule has 3 aliphatic heterocycles. The first-order valence-electron chi connectivity index (χ1n) is 19.7. The van der Waals surface area contributed by atoms with Crippen LogP contribution in [0, 0.1) is 11.8 Å². The van der Waals surface area contributed by atoms with Crippen LogP contribution in [-0.2, 0) is 32.0 Å². The summed E-state index contributed by atoms with van der Waals surface area (Å²) in [4.78, 5) is 71.1. The molecule has 7 rings (SSSR count). The molecule has 4 aliphatic rings. The number of amides is 5. The number of nitrogens with zero attached hydrogens (tertiary/aromatic N) is 1. The van der Waals surface area contributed by atoms with Gasteiger partial charge < -0.3 is 45.1 Å². The third kappa shape index (κ3) is 11.6. The Morgan fingerprint density at radius 3 is 2.28 bits per heavy atom. The summed E-state index contributed by atoms with van der Waals surface area (Å²) in [6, 6.07) is 15.5. The second-order valence-electron chi connectivity index (χ2n) is 15.4. The van der Waals surface area contributed by atoms with Crippen molar-refractivity contribution in [2.24, 2.45) is 11.8 Å². The molecular weight excluding hydrogens is 730 g/mol. The fourth-order valence-electron chi connectivity index (χ4n) is 6.95. The van der Waals surface area contributed by atoms with Crippen LogP contribution in [-0.4, -0.2) is 98.6 Å². The number of fused-ring (bicyclic) bond motifs is 18. The lowest BCUT2D eigenvalue weighted by Gasteiger charge is -2.29. The van der Waals surface area contributed by atoms with E-state index >= 15 is 0 Å². The summed E-state index contributed by atoms with van der Waals surface area (Å²) >= 11 is 0. The molecular formula is C43H53N5O9. The van der Waals surface area contributed by atoms with Crippen LogP contribution in [0.15, 0.2) is 66.7 Å². The monoisotopic (exact) mass is 783 g/mol. The fourth-order valence-corrected chi connectivity index (χ4v) is 6.95. The highest BCUT2D eigenvalue weighted by atomic mass is 16.6. The Kier molecular flexibility index (Phi) is 13.5. The minimum atomic E-state index is -1.15. The van der Waals surface area contributed by atoms with Gasteiger partial charge in [-0.3, -0.25) is 24.0 Å². The summed E-state index contributed by atoms with van der Waals surface area (Å²) in [5.74, 6) is 0.236. The zero-order valence-electron chi connectivity index (χ0n) is 33.0. The van der Waals surface area contributed by atoms with E-state index in [1.807, 2.05) is 12.1 Å². The molecule has 304 valence electrons. The van der Waals surface area contributed by atoms with E-state index in [9.17, 15) is 24.0 Å². The molecule has 3 aromatic rings. The number of benzene rings is 3. The Hall–Kier alpha value is -5.79. The van der Waals surface area contributed by atoms with Crippen molar-refractivity contribution in [1.82, 2.24) is 26.2 Å². The Morgan fingerprint density at radius 1 is 0.877 bits per heavy atom. The predicted molar refractivity (Wildman–Crippen MR) is 211 cm³/mol. The molecule has 0 aromatic heterocycles. The lowest BCUT2D eigenvalue weighted by atomic mass is 10.0. The predicted octanol–water partition coefficient (Wildman–Crippen LogP) is 3.20. The second-order valence-corrected chi connectivity index (χ2v) is 15.4. The van der Waals surface area contributed by atoms with Crippen molar-refractivity contribution in [1.29, 1.82) is 0 Å². The number of carbonyl (C=O) groups is 5. The van der Waals surface area contributed by atoms with Crippen LogP contribution in [0.2, 0.25) is 0 Å². The SMILES string of the molecule is COc1ccc(C[C@@H]2NC(=O)[C@@H](NC(=O)c3ccc4c(c3)OCCO4)Cc3ccc(cc3)OC[C@H](CC(C)C)NC(=O)CN(CC3CC3)C(=O)[C@@H](C)NC2=O)cc1. The molecule has 1 fully saturated rings. The molecule has 14 nitrogen and oxygen atoms in total. The number of nitrogens with one attached hydrogen (secondary N) is 4. The van der Waals surface area contributed by atoms with E-state index in [4.69, 9.17) is 18.9 Å². The van der Waals surface area contributed by atoms with Gasteiger partial charge in [0, 0.05) is 24.9 Å². The number of methoxy groups -OCH3 is 1. The van der Waals surface area contributed by atoms with E-state index in [1.54, 1.807) is 68.6 Å². The molecule has 5 amide bonds. The van der Waals surface area contributed by atoms with Crippen LogP contribution >= 0.6 is 0 Å². The first-order valence-corrected chi connectivity index (χ1v) is 19.7. The van der Waals surface area contributed by atoms with Crippen LogP contribution in [0.3, 0.4) is 0 Å². The van der Waals surface area contributed by atoms with Crippen molar-refractivity contribution in [3.8, 4) is 23.0 Å². The highest BCUT2D eigenvalue weighted by Crippen LogP contribution is 2.31. The second kappa shape index (κ2) is 18.9. The van der Waals surface area contributed by atoms with Gasteiger partial charge in [0.25, 0.3) is 5.91 Å². The standard InChI is InChI=1S/C43H53N5O9/c1-26(2)19-32-25-57-34-14-9-29(10-15-34)21-36(46-40(50)31-11-16-37-38(22-31)56-18-17-55-37)42(52)47-35(20-28-7-12-33(54-4)13-8-28)41(51)44-27(3)43(53)48(23-30-5-6-30)24-39(49)45-32/h7-16,22,26-27,30,32,35-36H,5-6,17-21,23-25H2,1-4H3,(H,44,51)(H,45,49)(H,46,50)(H,47,52)/t27-,32+,35+,36+/m1/s1. The highest BCUT2D eigenvalue weighted by Gasteiger charge is 2.34. The Balaban J connectivity index is 1.31. The van der Waals surface area contributed by atoms with Gasteiger partial charge in [0.15, 0.2) is 11.5 Å². The highest BCUT2D eigenvalue weighted by molar-refractivity contribution is 5.99. The van der Waals surface area contributed by atoms with Crippen molar-refractivity contribution in [2.45, 2.75) is 77.0 Å². The van der Waals surface area contributed by atoms with E-state index in [2.05, 4.69) is 35.1 Å². The van der Waals surface area contributed by atoms with Gasteiger partial charge >= 0.3 is 0 Å². The molecule has 57 heavy (non-hydrogen) atoms. The molecule has 3 heterocycles. The molecule has 4 atom stereocenters. The van der Waals surface area contributed by atoms with E-state index in [0.717, 1.165) is 24.0 Å². The Labute approximate surface area is 333 Å². The summed E-state index contributed by atoms with van der Waals surface area (Å²) in [5, 5.41) is 11.6. The lowest BCUT2D eigenvalue weighted by molar-refractivity contribution is -0.140. The van der Waals surface area contributed by atoms with E-state index in [1.165, 1.54) is 4.90 Å². The maximum absolute atomic E-state index is 14.3. The first-order chi connectivity index (χ1) is 27.4. The van der Waals surface area contributed by atoms with Crippen molar-refractivity contribution < 1.29 is 42.9 Å².